The molecule has 0 unspecified atom stereocenters. The Kier molecular flexibility index (Phi) is 2.51. The minimum Gasteiger partial charge on any atom is -0.330 e. The molecular formula is C9H11N5. The van der Waals surface area contributed by atoms with Crippen molar-refractivity contribution in [2.45, 2.75) is 6.42 Å². The molecule has 0 saturated carbocycles. The number of nitrogens with zero attached hydrogens (tertiary/aromatic N) is 3. The molecule has 2 heterocycles. The van der Waals surface area contributed by atoms with Gasteiger partial charge in [0.05, 0.1) is 5.69 Å². The van der Waals surface area contributed by atoms with Gasteiger partial charge in [0.25, 0.3) is 0 Å². The van der Waals surface area contributed by atoms with Crippen LogP contribution < -0.4 is 5.73 Å². The van der Waals surface area contributed by atoms with Crippen molar-refractivity contribution < 1.29 is 0 Å². The molecule has 0 amide bonds. The summed E-state index contributed by atoms with van der Waals surface area (Å²) in [6, 6.07) is 3.82. The molecule has 3 N–H and O–H groups in total. The molecule has 0 aliphatic heterocycles. The normalized spacial score (nSPS) is 10.4. The Labute approximate surface area is 81.4 Å². The third-order valence-electron chi connectivity index (χ3n) is 1.94. The van der Waals surface area contributed by atoms with Crippen LogP contribution in [0.1, 0.15) is 5.69 Å². The molecule has 2 aromatic heterocycles. The Morgan fingerprint density at radius 1 is 1.36 bits per heavy atom. The van der Waals surface area contributed by atoms with E-state index < -0.39 is 0 Å². The molecule has 0 aromatic carbocycles. The van der Waals surface area contributed by atoms with Crippen LogP contribution in [0.15, 0.2) is 24.5 Å². The molecular weight excluding hydrogens is 178 g/mol. The van der Waals surface area contributed by atoms with Crippen molar-refractivity contribution in [1.82, 2.24) is 20.4 Å². The SMILES string of the molecule is NCCc1n[nH]nc1-c1cccnc1. The van der Waals surface area contributed by atoms with Gasteiger partial charge >= 0.3 is 0 Å². The monoisotopic (exact) mass is 189 g/mol. The van der Waals surface area contributed by atoms with Gasteiger partial charge in [0.15, 0.2) is 0 Å². The first-order chi connectivity index (χ1) is 6.92. The van der Waals surface area contributed by atoms with Crippen molar-refractivity contribution in [3.63, 3.8) is 0 Å². The van der Waals surface area contributed by atoms with E-state index in [0.29, 0.717) is 6.54 Å². The lowest BCUT2D eigenvalue weighted by Gasteiger charge is -1.97. The molecule has 5 heteroatoms. The second kappa shape index (κ2) is 3.97. The highest BCUT2D eigenvalue weighted by Crippen LogP contribution is 2.17. The Morgan fingerprint density at radius 2 is 2.29 bits per heavy atom. The summed E-state index contributed by atoms with van der Waals surface area (Å²) < 4.78 is 0. The van der Waals surface area contributed by atoms with E-state index in [4.69, 9.17) is 5.73 Å². The second-order valence-corrected chi connectivity index (χ2v) is 2.90. The lowest BCUT2D eigenvalue weighted by atomic mass is 10.1. The number of H-pyrrole nitrogens is 1. The first-order valence-electron chi connectivity index (χ1n) is 4.42. The number of hydrogen-bond acceptors (Lipinski definition) is 4. The minimum absolute atomic E-state index is 0.569. The number of nitrogens with two attached hydrogens (primary N) is 1. The van der Waals surface area contributed by atoms with Crippen molar-refractivity contribution in [2.75, 3.05) is 6.54 Å². The molecule has 0 aliphatic rings. The summed E-state index contributed by atoms with van der Waals surface area (Å²) in [6.45, 7) is 0.569. The zero-order valence-electron chi connectivity index (χ0n) is 7.64. The van der Waals surface area contributed by atoms with E-state index in [-0.39, 0.29) is 0 Å². The van der Waals surface area contributed by atoms with Crippen LogP contribution in [0.2, 0.25) is 0 Å². The fourth-order valence-electron chi connectivity index (χ4n) is 1.30. The highest BCUT2D eigenvalue weighted by molar-refractivity contribution is 5.59. The Morgan fingerprint density at radius 3 is 3.00 bits per heavy atom. The third-order valence-corrected chi connectivity index (χ3v) is 1.94. The maximum atomic E-state index is 5.47. The molecule has 0 spiro atoms. The maximum Gasteiger partial charge on any atom is 0.117 e. The zero-order chi connectivity index (χ0) is 9.80. The summed E-state index contributed by atoms with van der Waals surface area (Å²) in [5, 5.41) is 10.7. The van der Waals surface area contributed by atoms with E-state index in [1.165, 1.54) is 0 Å². The summed E-state index contributed by atoms with van der Waals surface area (Å²) in [5.41, 5.74) is 8.16. The zero-order valence-corrected chi connectivity index (χ0v) is 7.64. The molecule has 2 aromatic rings. The first-order valence-corrected chi connectivity index (χ1v) is 4.42. The van der Waals surface area contributed by atoms with Gasteiger partial charge in [-0.2, -0.15) is 15.4 Å². The van der Waals surface area contributed by atoms with Crippen LogP contribution in [-0.4, -0.2) is 26.9 Å². The van der Waals surface area contributed by atoms with Gasteiger partial charge in [-0.1, -0.05) is 0 Å². The van der Waals surface area contributed by atoms with Crippen LogP contribution in [0.4, 0.5) is 0 Å². The summed E-state index contributed by atoms with van der Waals surface area (Å²) in [6.07, 6.45) is 4.21. The van der Waals surface area contributed by atoms with Gasteiger partial charge in [-0.25, -0.2) is 0 Å². The standard InChI is InChI=1S/C9H11N5/c10-4-3-8-9(13-14-12-8)7-2-1-5-11-6-7/h1-2,5-6H,3-4,10H2,(H,12,13,14). The smallest absolute Gasteiger partial charge is 0.117 e. The summed E-state index contributed by atoms with van der Waals surface area (Å²) in [7, 11) is 0. The van der Waals surface area contributed by atoms with Crippen LogP contribution >= 0.6 is 0 Å². The number of hydrogen-bond donors (Lipinski definition) is 2. The number of rotatable bonds is 3. The number of aromatic nitrogens is 4. The molecule has 5 nitrogen and oxygen atoms in total. The quantitative estimate of drug-likeness (QED) is 0.730. The molecule has 14 heavy (non-hydrogen) atoms. The number of nitrogens with one attached hydrogen (secondary N) is 1. The highest BCUT2D eigenvalue weighted by Gasteiger charge is 2.08. The van der Waals surface area contributed by atoms with Crippen molar-refractivity contribution >= 4 is 0 Å². The fourth-order valence-corrected chi connectivity index (χ4v) is 1.30. The van der Waals surface area contributed by atoms with Crippen molar-refractivity contribution in [3.05, 3.63) is 30.2 Å². The highest BCUT2D eigenvalue weighted by atomic mass is 15.3. The molecule has 0 radical (unpaired) electrons. The average Bonchev–Trinajstić information content (AvgIpc) is 2.68. The van der Waals surface area contributed by atoms with Gasteiger partial charge in [0, 0.05) is 24.4 Å². The van der Waals surface area contributed by atoms with E-state index in [0.717, 1.165) is 23.4 Å². The third kappa shape index (κ3) is 1.62. The first kappa shape index (κ1) is 8.83. The van der Waals surface area contributed by atoms with Gasteiger partial charge in [-0.15, -0.1) is 0 Å². The number of pyridine rings is 1. The Bertz CT molecular complexity index is 395. The van der Waals surface area contributed by atoms with Gasteiger partial charge in [-0.3, -0.25) is 4.98 Å². The van der Waals surface area contributed by atoms with E-state index in [9.17, 15) is 0 Å². The van der Waals surface area contributed by atoms with Crippen molar-refractivity contribution in [2.24, 2.45) is 5.73 Å². The lowest BCUT2D eigenvalue weighted by molar-refractivity contribution is 0.877. The molecule has 0 bridgehead atoms. The number of aromatic amines is 1. The predicted octanol–water partition coefficient (Wildman–Crippen LogP) is 0.368. The lowest BCUT2D eigenvalue weighted by Crippen LogP contribution is -2.04. The largest absolute Gasteiger partial charge is 0.330 e. The maximum absolute atomic E-state index is 5.47. The van der Waals surface area contributed by atoms with Gasteiger partial charge in [0.1, 0.15) is 5.69 Å². The molecule has 0 atom stereocenters. The van der Waals surface area contributed by atoms with Gasteiger partial charge < -0.3 is 5.73 Å². The summed E-state index contributed by atoms with van der Waals surface area (Å²) in [4.78, 5) is 4.03. The molecule has 2 rings (SSSR count). The molecule has 0 saturated heterocycles. The molecule has 0 fully saturated rings. The van der Waals surface area contributed by atoms with Crippen LogP contribution in [0.5, 0.6) is 0 Å². The van der Waals surface area contributed by atoms with Crippen molar-refractivity contribution in [1.29, 1.82) is 0 Å². The van der Waals surface area contributed by atoms with Gasteiger partial charge in [0.2, 0.25) is 0 Å². The van der Waals surface area contributed by atoms with Crippen LogP contribution in [0.25, 0.3) is 11.3 Å². The van der Waals surface area contributed by atoms with E-state index in [2.05, 4.69) is 20.4 Å². The van der Waals surface area contributed by atoms with Crippen molar-refractivity contribution in [3.8, 4) is 11.3 Å². The second-order valence-electron chi connectivity index (χ2n) is 2.90. The van der Waals surface area contributed by atoms with Crippen LogP contribution in [0, 0.1) is 0 Å². The Balaban J connectivity index is 2.37. The average molecular weight is 189 g/mol. The molecule has 72 valence electrons. The van der Waals surface area contributed by atoms with Crippen LogP contribution in [0.3, 0.4) is 0 Å². The van der Waals surface area contributed by atoms with Gasteiger partial charge in [-0.05, 0) is 18.7 Å². The van der Waals surface area contributed by atoms with E-state index in [1.807, 2.05) is 12.1 Å². The van der Waals surface area contributed by atoms with E-state index >= 15 is 0 Å². The fraction of sp³-hybridized carbons (Fsp3) is 0.222. The predicted molar refractivity (Wildman–Crippen MR) is 52.4 cm³/mol. The summed E-state index contributed by atoms with van der Waals surface area (Å²) in [5.74, 6) is 0. The van der Waals surface area contributed by atoms with Crippen LogP contribution in [-0.2, 0) is 6.42 Å². The minimum atomic E-state index is 0.569. The summed E-state index contributed by atoms with van der Waals surface area (Å²) >= 11 is 0. The van der Waals surface area contributed by atoms with E-state index in [1.54, 1.807) is 12.4 Å². The Hall–Kier alpha value is -1.75. The topological polar surface area (TPSA) is 80.5 Å². The molecule has 0 aliphatic carbocycles.